The van der Waals surface area contributed by atoms with Crippen LogP contribution < -0.4 is 4.72 Å². The Kier molecular flexibility index (Phi) is 4.30. The van der Waals surface area contributed by atoms with Crippen molar-refractivity contribution in [2.24, 2.45) is 0 Å². The molecule has 0 aromatic heterocycles. The molecule has 1 atom stereocenters. The summed E-state index contributed by atoms with van der Waals surface area (Å²) in [5, 5.41) is 9.24. The lowest BCUT2D eigenvalue weighted by Crippen LogP contribution is -2.48. The predicted octanol–water partition coefficient (Wildman–Crippen LogP) is 1.43. The standard InChI is InChI=1S/C12H19NO3S/c1-4-12(3,9-14)13-17(15,16)11-8-6-5-7-10(11)2/h5-8,13-14H,4,9H2,1-3H3. The average Bonchev–Trinajstić information content (AvgIpc) is 2.28. The van der Waals surface area contributed by atoms with Gasteiger partial charge < -0.3 is 5.11 Å². The summed E-state index contributed by atoms with van der Waals surface area (Å²) >= 11 is 0. The number of hydrogen-bond donors (Lipinski definition) is 2. The molecular formula is C12H19NO3S. The largest absolute Gasteiger partial charge is 0.394 e. The summed E-state index contributed by atoms with van der Waals surface area (Å²) in [6.07, 6.45) is 0.522. The maximum absolute atomic E-state index is 12.2. The summed E-state index contributed by atoms with van der Waals surface area (Å²) in [7, 11) is -3.58. The van der Waals surface area contributed by atoms with E-state index in [-0.39, 0.29) is 11.5 Å². The third kappa shape index (κ3) is 3.28. The molecule has 0 aliphatic rings. The van der Waals surface area contributed by atoms with Crippen LogP contribution in [-0.4, -0.2) is 25.7 Å². The molecule has 0 amide bonds. The van der Waals surface area contributed by atoms with E-state index in [1.54, 1.807) is 38.1 Å². The molecule has 0 saturated carbocycles. The van der Waals surface area contributed by atoms with E-state index in [4.69, 9.17) is 0 Å². The summed E-state index contributed by atoms with van der Waals surface area (Å²) in [6.45, 7) is 5.03. The molecule has 4 nitrogen and oxygen atoms in total. The maximum Gasteiger partial charge on any atom is 0.241 e. The monoisotopic (exact) mass is 257 g/mol. The SMILES string of the molecule is CCC(C)(CO)NS(=O)(=O)c1ccccc1C. The molecule has 1 aromatic rings. The third-order valence-electron chi connectivity index (χ3n) is 2.89. The maximum atomic E-state index is 12.2. The zero-order chi connectivity index (χ0) is 13.1. The summed E-state index contributed by atoms with van der Waals surface area (Å²) in [4.78, 5) is 0.258. The van der Waals surface area contributed by atoms with Gasteiger partial charge in [0.05, 0.1) is 17.0 Å². The first-order valence-corrected chi connectivity index (χ1v) is 7.03. The number of benzene rings is 1. The molecule has 0 spiro atoms. The Morgan fingerprint density at radius 3 is 2.41 bits per heavy atom. The fourth-order valence-corrected chi connectivity index (χ4v) is 3.17. The Hall–Kier alpha value is -0.910. The van der Waals surface area contributed by atoms with Gasteiger partial charge in [-0.15, -0.1) is 0 Å². The van der Waals surface area contributed by atoms with Crippen molar-refractivity contribution >= 4 is 10.0 Å². The van der Waals surface area contributed by atoms with Gasteiger partial charge in [0.2, 0.25) is 10.0 Å². The summed E-state index contributed by atoms with van der Waals surface area (Å²) in [5.41, 5.74) is -0.127. The smallest absolute Gasteiger partial charge is 0.241 e. The Balaban J connectivity index is 3.10. The Morgan fingerprint density at radius 2 is 1.94 bits per heavy atom. The molecule has 0 aliphatic carbocycles. The van der Waals surface area contributed by atoms with Crippen LogP contribution in [0.3, 0.4) is 0 Å². The zero-order valence-electron chi connectivity index (χ0n) is 10.4. The number of nitrogens with one attached hydrogen (secondary N) is 1. The molecule has 0 fully saturated rings. The van der Waals surface area contributed by atoms with E-state index < -0.39 is 15.6 Å². The molecule has 0 aliphatic heterocycles. The van der Waals surface area contributed by atoms with Crippen molar-refractivity contribution in [3.8, 4) is 0 Å². The second-order valence-corrected chi connectivity index (χ2v) is 6.09. The van der Waals surface area contributed by atoms with Gasteiger partial charge in [-0.2, -0.15) is 0 Å². The van der Waals surface area contributed by atoms with Gasteiger partial charge in [-0.3, -0.25) is 0 Å². The molecule has 96 valence electrons. The van der Waals surface area contributed by atoms with E-state index >= 15 is 0 Å². The molecule has 1 aromatic carbocycles. The Labute approximate surface area is 103 Å². The number of hydrogen-bond acceptors (Lipinski definition) is 3. The Morgan fingerprint density at radius 1 is 1.35 bits per heavy atom. The molecule has 1 unspecified atom stereocenters. The van der Waals surface area contributed by atoms with Crippen LogP contribution in [0.1, 0.15) is 25.8 Å². The van der Waals surface area contributed by atoms with Crippen LogP contribution in [0.2, 0.25) is 0 Å². The van der Waals surface area contributed by atoms with Gasteiger partial charge in [0.15, 0.2) is 0 Å². The van der Waals surface area contributed by atoms with Gasteiger partial charge in [-0.05, 0) is 31.9 Å². The lowest BCUT2D eigenvalue weighted by atomic mass is 10.0. The number of aliphatic hydroxyl groups excluding tert-OH is 1. The van der Waals surface area contributed by atoms with Crippen LogP contribution in [0.25, 0.3) is 0 Å². The van der Waals surface area contributed by atoms with Gasteiger partial charge in [0, 0.05) is 0 Å². The van der Waals surface area contributed by atoms with E-state index in [1.165, 1.54) is 0 Å². The molecule has 2 N–H and O–H groups in total. The minimum Gasteiger partial charge on any atom is -0.394 e. The number of sulfonamides is 1. The topological polar surface area (TPSA) is 66.4 Å². The molecular weight excluding hydrogens is 238 g/mol. The van der Waals surface area contributed by atoms with Gasteiger partial charge in [0.1, 0.15) is 0 Å². The van der Waals surface area contributed by atoms with E-state index in [2.05, 4.69) is 4.72 Å². The highest BCUT2D eigenvalue weighted by atomic mass is 32.2. The molecule has 0 radical (unpaired) electrons. The first-order chi connectivity index (χ1) is 7.84. The van der Waals surface area contributed by atoms with Crippen LogP contribution >= 0.6 is 0 Å². The summed E-state index contributed by atoms with van der Waals surface area (Å²) < 4.78 is 26.9. The molecule has 0 heterocycles. The van der Waals surface area contributed by atoms with Crippen molar-refractivity contribution in [2.75, 3.05) is 6.61 Å². The normalized spacial score (nSPS) is 15.5. The lowest BCUT2D eigenvalue weighted by Gasteiger charge is -2.27. The minimum atomic E-state index is -3.58. The van der Waals surface area contributed by atoms with Crippen molar-refractivity contribution in [3.05, 3.63) is 29.8 Å². The van der Waals surface area contributed by atoms with Crippen molar-refractivity contribution in [1.82, 2.24) is 4.72 Å². The fourth-order valence-electron chi connectivity index (χ4n) is 1.45. The highest BCUT2D eigenvalue weighted by Gasteiger charge is 2.28. The second kappa shape index (κ2) is 5.16. The van der Waals surface area contributed by atoms with Crippen LogP contribution in [0.15, 0.2) is 29.2 Å². The summed E-state index contributed by atoms with van der Waals surface area (Å²) in [5.74, 6) is 0. The number of aryl methyl sites for hydroxylation is 1. The van der Waals surface area contributed by atoms with Gasteiger partial charge >= 0.3 is 0 Å². The van der Waals surface area contributed by atoms with Crippen molar-refractivity contribution < 1.29 is 13.5 Å². The molecule has 0 bridgehead atoms. The molecule has 5 heteroatoms. The predicted molar refractivity (Wildman–Crippen MR) is 67.3 cm³/mol. The van der Waals surface area contributed by atoms with Crippen LogP contribution in [0.5, 0.6) is 0 Å². The highest BCUT2D eigenvalue weighted by molar-refractivity contribution is 7.89. The highest BCUT2D eigenvalue weighted by Crippen LogP contribution is 2.18. The van der Waals surface area contributed by atoms with Crippen molar-refractivity contribution in [3.63, 3.8) is 0 Å². The van der Waals surface area contributed by atoms with Crippen molar-refractivity contribution in [1.29, 1.82) is 0 Å². The zero-order valence-corrected chi connectivity index (χ0v) is 11.2. The second-order valence-electron chi connectivity index (χ2n) is 4.44. The van der Waals surface area contributed by atoms with Crippen LogP contribution in [0, 0.1) is 6.92 Å². The quantitative estimate of drug-likeness (QED) is 0.838. The summed E-state index contributed by atoms with van der Waals surface area (Å²) in [6, 6.07) is 6.78. The van der Waals surface area contributed by atoms with Gasteiger partial charge in [-0.25, -0.2) is 13.1 Å². The number of aliphatic hydroxyl groups is 1. The minimum absolute atomic E-state index is 0.228. The number of rotatable bonds is 5. The molecule has 17 heavy (non-hydrogen) atoms. The third-order valence-corrected chi connectivity index (χ3v) is 4.69. The first-order valence-electron chi connectivity index (χ1n) is 5.55. The average molecular weight is 257 g/mol. The Bertz CT molecular complexity index is 478. The molecule has 0 saturated heterocycles. The van der Waals surface area contributed by atoms with E-state index in [0.29, 0.717) is 12.0 Å². The van der Waals surface area contributed by atoms with Gasteiger partial charge in [-0.1, -0.05) is 25.1 Å². The van der Waals surface area contributed by atoms with E-state index in [0.717, 1.165) is 0 Å². The lowest BCUT2D eigenvalue weighted by molar-refractivity contribution is 0.191. The van der Waals surface area contributed by atoms with Gasteiger partial charge in [0.25, 0.3) is 0 Å². The van der Waals surface area contributed by atoms with E-state index in [1.807, 2.05) is 6.92 Å². The molecule has 1 rings (SSSR count). The van der Waals surface area contributed by atoms with Crippen LogP contribution in [-0.2, 0) is 10.0 Å². The van der Waals surface area contributed by atoms with E-state index in [9.17, 15) is 13.5 Å². The fraction of sp³-hybridized carbons (Fsp3) is 0.500. The van der Waals surface area contributed by atoms with Crippen LogP contribution in [0.4, 0.5) is 0 Å². The first kappa shape index (κ1) is 14.2. The van der Waals surface area contributed by atoms with Crippen molar-refractivity contribution in [2.45, 2.75) is 37.6 Å².